The SMILES string of the molecule is CC.CC.Cc1ccc(-c2ccc(C)cc2S(=O)(=O)O)c(SOOO)c1. The Morgan fingerprint density at radius 3 is 1.88 bits per heavy atom. The minimum absolute atomic E-state index is 0.192. The van der Waals surface area contributed by atoms with E-state index >= 15 is 0 Å². The van der Waals surface area contributed by atoms with E-state index in [4.69, 9.17) is 5.26 Å². The van der Waals surface area contributed by atoms with Crippen LogP contribution < -0.4 is 0 Å². The molecule has 2 rings (SSSR count). The molecule has 6 nitrogen and oxygen atoms in total. The number of benzene rings is 2. The van der Waals surface area contributed by atoms with Gasteiger partial charge in [0.05, 0.1) is 12.0 Å². The Morgan fingerprint density at radius 1 is 0.885 bits per heavy atom. The molecule has 0 spiro atoms. The third-order valence-corrected chi connectivity index (χ3v) is 4.54. The minimum Gasteiger partial charge on any atom is -0.282 e. The standard InChI is InChI=1S/C14H14O6S2.2C2H6/c1-9-3-5-11(13(7-9)21-20-19-15)12-6-4-10(2)8-14(12)22(16,17)18;2*1-2/h3-8,15H,1-2H3,(H,16,17,18);2*1-2H3. The van der Waals surface area contributed by atoms with Crippen molar-refractivity contribution in [2.45, 2.75) is 51.3 Å². The molecule has 0 aliphatic rings. The Balaban J connectivity index is 0.00000146. The molecule has 0 amide bonds. The predicted octanol–water partition coefficient (Wildman–Crippen LogP) is 5.70. The molecule has 146 valence electrons. The van der Waals surface area contributed by atoms with Gasteiger partial charge in [0.15, 0.2) is 0 Å². The Bertz CT molecular complexity index is 788. The maximum absolute atomic E-state index is 11.6. The molecule has 0 unspecified atom stereocenters. The zero-order valence-electron chi connectivity index (χ0n) is 15.8. The molecule has 2 N–H and O–H groups in total. The van der Waals surface area contributed by atoms with Crippen molar-refractivity contribution in [1.29, 1.82) is 0 Å². The summed E-state index contributed by atoms with van der Waals surface area (Å²) in [6.45, 7) is 11.6. The van der Waals surface area contributed by atoms with Crippen LogP contribution >= 0.6 is 12.0 Å². The molecule has 0 saturated heterocycles. The van der Waals surface area contributed by atoms with Crippen molar-refractivity contribution < 1.29 is 27.6 Å². The van der Waals surface area contributed by atoms with Crippen LogP contribution in [0.25, 0.3) is 11.1 Å². The molecule has 0 bridgehead atoms. The van der Waals surface area contributed by atoms with E-state index in [2.05, 4.69) is 9.37 Å². The van der Waals surface area contributed by atoms with Crippen LogP contribution in [-0.4, -0.2) is 18.2 Å². The molecule has 26 heavy (non-hydrogen) atoms. The maximum Gasteiger partial charge on any atom is 0.295 e. The van der Waals surface area contributed by atoms with E-state index in [0.717, 1.165) is 17.6 Å². The molecule has 0 aliphatic carbocycles. The summed E-state index contributed by atoms with van der Waals surface area (Å²) in [5.41, 5.74) is 2.47. The molecule has 0 radical (unpaired) electrons. The summed E-state index contributed by atoms with van der Waals surface area (Å²) in [4.78, 5) is 0.339. The van der Waals surface area contributed by atoms with E-state index in [9.17, 15) is 13.0 Å². The highest BCUT2D eigenvalue weighted by Gasteiger charge is 2.19. The lowest BCUT2D eigenvalue weighted by Crippen LogP contribution is -2.02. The van der Waals surface area contributed by atoms with Crippen molar-refractivity contribution in [2.24, 2.45) is 0 Å². The van der Waals surface area contributed by atoms with Crippen LogP contribution in [0.5, 0.6) is 0 Å². The summed E-state index contributed by atoms with van der Waals surface area (Å²) >= 11 is 0.731. The smallest absolute Gasteiger partial charge is 0.282 e. The summed E-state index contributed by atoms with van der Waals surface area (Å²) in [5.74, 6) is 0. The molecular formula is C18H26O6S2. The van der Waals surface area contributed by atoms with Crippen LogP contribution in [0, 0.1) is 13.8 Å². The Kier molecular flexibility index (Phi) is 11.4. The van der Waals surface area contributed by atoms with Crippen molar-refractivity contribution in [3.8, 4) is 11.1 Å². The fourth-order valence-corrected chi connectivity index (χ4v) is 3.43. The Hall–Kier alpha value is -1.42. The summed E-state index contributed by atoms with van der Waals surface area (Å²) in [5, 5.41) is 11.9. The van der Waals surface area contributed by atoms with E-state index in [-0.39, 0.29) is 4.90 Å². The number of rotatable bonds is 5. The van der Waals surface area contributed by atoms with Crippen molar-refractivity contribution in [3.05, 3.63) is 47.5 Å². The summed E-state index contributed by atoms with van der Waals surface area (Å²) in [6.07, 6.45) is 0. The largest absolute Gasteiger partial charge is 0.295 e. The lowest BCUT2D eigenvalue weighted by atomic mass is 10.0. The van der Waals surface area contributed by atoms with Gasteiger partial charge in [-0.15, -0.1) is 4.33 Å². The van der Waals surface area contributed by atoms with Gasteiger partial charge in [-0.2, -0.15) is 8.42 Å². The van der Waals surface area contributed by atoms with Crippen LogP contribution in [0.4, 0.5) is 0 Å². The van der Waals surface area contributed by atoms with Gasteiger partial charge in [0.2, 0.25) is 0 Å². The fourth-order valence-electron chi connectivity index (χ4n) is 2.04. The first-order valence-electron chi connectivity index (χ1n) is 8.17. The topological polar surface area (TPSA) is 93.1 Å². The average molecular weight is 403 g/mol. The van der Waals surface area contributed by atoms with Gasteiger partial charge in [0.1, 0.15) is 4.90 Å². The molecule has 2 aromatic rings. The van der Waals surface area contributed by atoms with E-state index in [1.54, 1.807) is 37.3 Å². The molecule has 0 fully saturated rings. The first kappa shape index (κ1) is 24.6. The van der Waals surface area contributed by atoms with Gasteiger partial charge < -0.3 is 0 Å². The minimum atomic E-state index is -4.38. The van der Waals surface area contributed by atoms with E-state index in [0.29, 0.717) is 21.6 Å². The summed E-state index contributed by atoms with van der Waals surface area (Å²) in [7, 11) is -4.38. The number of hydrogen-bond donors (Lipinski definition) is 2. The third kappa shape index (κ3) is 7.06. The zero-order valence-corrected chi connectivity index (χ0v) is 17.4. The van der Waals surface area contributed by atoms with Crippen LogP contribution in [0.2, 0.25) is 0 Å². The zero-order chi connectivity index (χ0) is 20.3. The molecule has 2 aromatic carbocycles. The first-order valence-corrected chi connectivity index (χ1v) is 10.3. The van der Waals surface area contributed by atoms with E-state index in [1.165, 1.54) is 6.07 Å². The van der Waals surface area contributed by atoms with Gasteiger partial charge in [-0.25, -0.2) is 5.26 Å². The van der Waals surface area contributed by atoms with E-state index in [1.807, 2.05) is 34.6 Å². The van der Waals surface area contributed by atoms with Crippen LogP contribution in [0.1, 0.15) is 38.8 Å². The maximum atomic E-state index is 11.6. The van der Waals surface area contributed by atoms with Gasteiger partial charge in [0, 0.05) is 10.5 Å². The molecule has 0 saturated carbocycles. The second-order valence-electron chi connectivity index (χ2n) is 4.70. The quantitative estimate of drug-likeness (QED) is 0.287. The number of hydrogen-bond acceptors (Lipinski definition) is 6. The Labute approximate surface area is 160 Å². The van der Waals surface area contributed by atoms with Gasteiger partial charge in [-0.1, -0.05) is 57.0 Å². The van der Waals surface area contributed by atoms with Gasteiger partial charge in [-0.05, 0) is 42.7 Å². The predicted molar refractivity (Wildman–Crippen MR) is 105 cm³/mol. The lowest BCUT2D eigenvalue weighted by molar-refractivity contribution is -0.432. The highest BCUT2D eigenvalue weighted by molar-refractivity contribution is 7.94. The molecule has 0 aromatic heterocycles. The van der Waals surface area contributed by atoms with Crippen LogP contribution in [0.3, 0.4) is 0 Å². The fraction of sp³-hybridized carbons (Fsp3) is 0.333. The molecular weight excluding hydrogens is 376 g/mol. The molecule has 0 atom stereocenters. The van der Waals surface area contributed by atoms with Crippen molar-refractivity contribution in [3.63, 3.8) is 0 Å². The monoisotopic (exact) mass is 402 g/mol. The normalized spacial score (nSPS) is 10.3. The van der Waals surface area contributed by atoms with Gasteiger partial charge >= 0.3 is 0 Å². The highest BCUT2D eigenvalue weighted by atomic mass is 32.2. The van der Waals surface area contributed by atoms with E-state index < -0.39 is 10.1 Å². The Morgan fingerprint density at radius 2 is 1.38 bits per heavy atom. The highest BCUT2D eigenvalue weighted by Crippen LogP contribution is 2.36. The third-order valence-electron chi connectivity index (χ3n) is 3.00. The van der Waals surface area contributed by atoms with Gasteiger partial charge in [-0.3, -0.25) is 4.55 Å². The second-order valence-corrected chi connectivity index (χ2v) is 6.83. The average Bonchev–Trinajstić information content (AvgIpc) is 2.63. The molecule has 0 heterocycles. The molecule has 0 aliphatic heterocycles. The molecule has 8 heteroatoms. The van der Waals surface area contributed by atoms with Crippen LogP contribution in [-0.2, 0) is 19.5 Å². The van der Waals surface area contributed by atoms with Gasteiger partial charge in [0.25, 0.3) is 10.1 Å². The van der Waals surface area contributed by atoms with Crippen molar-refractivity contribution >= 4 is 22.2 Å². The van der Waals surface area contributed by atoms with Crippen molar-refractivity contribution in [1.82, 2.24) is 0 Å². The van der Waals surface area contributed by atoms with Crippen molar-refractivity contribution in [2.75, 3.05) is 0 Å². The lowest BCUT2D eigenvalue weighted by Gasteiger charge is -2.12. The number of aryl methyl sites for hydroxylation is 2. The first-order chi connectivity index (χ1) is 12.3. The summed E-state index contributed by atoms with van der Waals surface area (Å²) < 4.78 is 37.1. The van der Waals surface area contributed by atoms with Crippen LogP contribution in [0.15, 0.2) is 46.2 Å². The summed E-state index contributed by atoms with van der Waals surface area (Å²) in [6, 6.07) is 9.98. The second kappa shape index (κ2) is 12.1.